The molecule has 6 N–H and O–H groups in total. The summed E-state index contributed by atoms with van der Waals surface area (Å²) in [5.41, 5.74) is 15.3. The van der Waals surface area contributed by atoms with Gasteiger partial charge in [0.05, 0.1) is 57.1 Å². The molecule has 0 aliphatic carbocycles. The largest absolute Gasteiger partial charge is 0.650 e. The van der Waals surface area contributed by atoms with Gasteiger partial charge in [-0.3, -0.25) is 24.7 Å². The monoisotopic (exact) mass is 2470 g/mol. The molecule has 0 amide bonds. The molecule has 16 aromatic carbocycles. The molecule has 133 heavy (non-hydrogen) atoms. The first-order valence-corrected chi connectivity index (χ1v) is 42.1. The first-order valence-electron chi connectivity index (χ1n) is 42.1. The second-order valence-electron chi connectivity index (χ2n) is 30.3. The van der Waals surface area contributed by atoms with E-state index in [1.54, 1.807) is 26.0 Å². The van der Waals surface area contributed by atoms with Crippen LogP contribution in [-0.2, 0) is 94.7 Å². The van der Waals surface area contributed by atoms with Gasteiger partial charge in [0, 0.05) is 176 Å². The number of carboxylic acid groups (broad SMARTS) is 2. The number of nitrogens with zero attached hydrogens (tertiary/aromatic N) is 10. The van der Waals surface area contributed by atoms with Crippen LogP contribution in [0.3, 0.4) is 0 Å². The molecule has 24 heteroatoms. The van der Waals surface area contributed by atoms with Gasteiger partial charge in [0.25, 0.3) is 5.97 Å². The summed E-state index contributed by atoms with van der Waals surface area (Å²) in [6.07, 6.45) is 8.45. The number of carboxylic acids is 2. The van der Waals surface area contributed by atoms with Crippen molar-refractivity contribution in [2.24, 2.45) is 0 Å². The van der Waals surface area contributed by atoms with Crippen LogP contribution in [0.15, 0.2) is 340 Å². The van der Waals surface area contributed by atoms with Gasteiger partial charge in [-0.25, -0.2) is 9.78 Å². The number of aromatic nitrogens is 9. The third kappa shape index (κ3) is 24.6. The first-order chi connectivity index (χ1) is 63.1. The second kappa shape index (κ2) is 49.2. The topological polar surface area (TPSA) is 304 Å². The van der Waals surface area contributed by atoms with Gasteiger partial charge >= 0.3 is 5.97 Å². The Balaban J connectivity index is 0.000000152. The van der Waals surface area contributed by atoms with Crippen LogP contribution < -0.4 is 0 Å². The standard InChI is InChI=1S/4C22H13N2.C6H5NO2.C5H8NO2.C5H12O4.C5H12O2.4Ir/c4*1-2-8-15(9-3-1)20-14-23-21-18-12-6-4-10-16(18)17-11-5-7-13-19(17)22(21)24-20;8-6(9)5-3-1-2-4-7-5;7-5(8)4-2-1-3-6-4;1-8-4(6)3-5(7)9-2;1-4(6)3-5(2)7;;;;/h4*1-11,13-14H;1-4H,(H,8,9);4H,1-3H2,(H,7,8);4-7H,3H2,1-2H3;4-7H,3H2,1-2H3;;;;/q4*-1;;-1;;;;;;. The Bertz CT molecular complexity index is 6530. The van der Waals surface area contributed by atoms with Crippen LogP contribution in [0.1, 0.15) is 50.0 Å². The van der Waals surface area contributed by atoms with Crippen LogP contribution in [0.5, 0.6) is 0 Å². The average molecular weight is 2470 g/mol. The van der Waals surface area contributed by atoms with Gasteiger partial charge in [0.1, 0.15) is 5.69 Å². The van der Waals surface area contributed by atoms with Crippen molar-refractivity contribution < 1.29 is 130 Å². The molecule has 0 saturated carbocycles. The molecule has 5 unspecified atom stereocenters. The number of ether oxygens (including phenoxy) is 2. The summed E-state index contributed by atoms with van der Waals surface area (Å²) in [6.45, 7) is 4.05. The normalized spacial score (nSPS) is 12.6. The number of hydrogen-bond donors (Lipinski definition) is 6. The molecule has 1 fully saturated rings. The number of rotatable bonds is 12. The summed E-state index contributed by atoms with van der Waals surface area (Å²) in [5, 5.41) is 73.1. The molecule has 21 aromatic rings. The van der Waals surface area contributed by atoms with Crippen molar-refractivity contribution in [2.75, 3.05) is 20.8 Å². The summed E-state index contributed by atoms with van der Waals surface area (Å²) < 4.78 is 8.88. The molecule has 4 radical (unpaired) electrons. The Labute approximate surface area is 822 Å². The summed E-state index contributed by atoms with van der Waals surface area (Å²) >= 11 is 0. The number of pyridine rings is 1. The zero-order chi connectivity index (χ0) is 89.5. The molecule has 676 valence electrons. The van der Waals surface area contributed by atoms with Crippen molar-refractivity contribution in [3.05, 3.63) is 376 Å². The smallest absolute Gasteiger partial charge is 0.354 e. The van der Waals surface area contributed by atoms with E-state index >= 15 is 0 Å². The maximum atomic E-state index is 10.1. The van der Waals surface area contributed by atoms with E-state index in [1.165, 1.54) is 69.6 Å². The van der Waals surface area contributed by atoms with Gasteiger partial charge in [0.15, 0.2) is 12.6 Å². The Kier molecular flexibility index (Phi) is 37.3. The van der Waals surface area contributed by atoms with Crippen LogP contribution in [0.2, 0.25) is 0 Å². The number of benzene rings is 16. The zero-order valence-corrected chi connectivity index (χ0v) is 82.0. The van der Waals surface area contributed by atoms with E-state index in [0.717, 1.165) is 152 Å². The molecular weight excluding hydrogens is 2380 g/mol. The third-order valence-corrected chi connectivity index (χ3v) is 21.4. The minimum atomic E-state index is -0.990. The number of hydrogen-bond acceptors (Lipinski definition) is 17. The van der Waals surface area contributed by atoms with E-state index < -0.39 is 30.6 Å². The van der Waals surface area contributed by atoms with E-state index in [4.69, 9.17) is 70.5 Å². The zero-order valence-electron chi connectivity index (χ0n) is 72.4. The van der Waals surface area contributed by atoms with Crippen molar-refractivity contribution in [3.8, 4) is 45.0 Å². The van der Waals surface area contributed by atoms with Crippen molar-refractivity contribution in [3.63, 3.8) is 0 Å². The van der Waals surface area contributed by atoms with Gasteiger partial charge in [-0.2, -0.15) is 0 Å². The number of aliphatic hydroxyl groups is 4. The van der Waals surface area contributed by atoms with Crippen molar-refractivity contribution in [2.45, 2.75) is 70.4 Å². The third-order valence-electron chi connectivity index (χ3n) is 21.4. The first kappa shape index (κ1) is 101. The molecule has 5 aromatic heterocycles. The van der Waals surface area contributed by atoms with Crippen LogP contribution >= 0.6 is 0 Å². The number of methoxy groups -OCH3 is 2. The van der Waals surface area contributed by atoms with Gasteiger partial charge < -0.3 is 65.4 Å². The van der Waals surface area contributed by atoms with E-state index in [-0.39, 0.29) is 105 Å². The number of carbonyl (C=O) groups is 2. The molecule has 1 aliphatic rings. The molecule has 1 aliphatic heterocycles. The molecule has 0 bridgehead atoms. The number of aromatic carboxylic acids is 1. The van der Waals surface area contributed by atoms with Crippen molar-refractivity contribution in [1.29, 1.82) is 0 Å². The quantitative estimate of drug-likeness (QED) is 0.0376. The van der Waals surface area contributed by atoms with Crippen molar-refractivity contribution >= 4 is 142 Å². The average Bonchev–Trinajstić information content (AvgIpc) is 0.958. The number of aliphatic hydroxyl groups excluding tert-OH is 4. The molecule has 6 heterocycles. The fourth-order valence-electron chi connectivity index (χ4n) is 15.3. The minimum Gasteiger partial charge on any atom is -0.650 e. The van der Waals surface area contributed by atoms with Gasteiger partial charge in [-0.1, -0.05) is 280 Å². The van der Waals surface area contributed by atoms with Gasteiger partial charge in [-0.15, -0.1) is 125 Å². The predicted octanol–water partition coefficient (Wildman–Crippen LogP) is 22.4. The van der Waals surface area contributed by atoms with Gasteiger partial charge in [0.2, 0.25) is 0 Å². The van der Waals surface area contributed by atoms with E-state index in [0.29, 0.717) is 6.42 Å². The van der Waals surface area contributed by atoms with Crippen LogP contribution in [-0.4, -0.2) is 139 Å². The van der Waals surface area contributed by atoms with E-state index in [9.17, 15) is 9.59 Å². The molecule has 5 atom stereocenters. The maximum Gasteiger partial charge on any atom is 0.354 e. The van der Waals surface area contributed by atoms with Crippen LogP contribution in [0, 0.1) is 24.3 Å². The predicted molar refractivity (Wildman–Crippen MR) is 514 cm³/mol. The summed E-state index contributed by atoms with van der Waals surface area (Å²) in [7, 11) is 2.71. The maximum absolute atomic E-state index is 10.1. The fourth-order valence-corrected chi connectivity index (χ4v) is 15.3. The Morgan fingerprint density at radius 2 is 0.602 bits per heavy atom. The van der Waals surface area contributed by atoms with Crippen LogP contribution in [0.25, 0.3) is 181 Å². The molecule has 20 nitrogen and oxygen atoms in total. The number of fused-ring (bicyclic) bond motifs is 24. The van der Waals surface area contributed by atoms with E-state index in [1.807, 2.05) is 146 Å². The summed E-state index contributed by atoms with van der Waals surface area (Å²) in [5.74, 6) is -1.77. The van der Waals surface area contributed by atoms with Crippen LogP contribution in [0.4, 0.5) is 0 Å². The van der Waals surface area contributed by atoms with Gasteiger partial charge in [-0.05, 0) is 60.0 Å². The summed E-state index contributed by atoms with van der Waals surface area (Å²) in [4.78, 5) is 62.6. The molecule has 22 rings (SSSR count). The molecular formula is C109H89Ir4N10O10-5. The molecule has 0 spiro atoms. The Hall–Kier alpha value is -12.6. The van der Waals surface area contributed by atoms with Crippen molar-refractivity contribution in [1.82, 2.24) is 44.9 Å². The fraction of sp³-hybridized carbons (Fsp3) is 0.128. The second-order valence-corrected chi connectivity index (χ2v) is 30.3. The Morgan fingerprint density at radius 1 is 0.338 bits per heavy atom. The van der Waals surface area contributed by atoms with E-state index in [2.05, 4.69) is 214 Å². The number of aliphatic carboxylic acids is 1. The molecule has 1 saturated heterocycles. The summed E-state index contributed by atoms with van der Waals surface area (Å²) in [6, 6.07) is 116. The SMILES string of the molecule is CC(O)CC(C)O.COC(O)CC(O)OC.O=C(O)C1CCC[N-]1.O=C(O)c1ccccn1.[Ir].[Ir].[Ir].[Ir].[c-]1cccc2c1c1ncc(-c3ccccc3)nc1c1ccccc21.[c-]1cccc2c1c1ncc(-c3ccccc3)nc1c1ccccc21.[c-]1cccc2c1c1ncc(-c3ccccc3)nc1c1ccccc21.[c-]1cccc2c1c1ncc(-c3ccccc3)nc1c1ccccc21. The minimum absolute atomic E-state index is 0. The Morgan fingerprint density at radius 3 is 0.812 bits per heavy atom.